The van der Waals surface area contributed by atoms with Gasteiger partial charge in [-0.3, -0.25) is 0 Å². The predicted octanol–water partition coefficient (Wildman–Crippen LogP) is 4.19. The SMILES string of the molecule is CCCCCCC1N(C)C=CN1CCCCC. The second kappa shape index (κ2) is 8.43. The van der Waals surface area contributed by atoms with E-state index in [0.29, 0.717) is 6.17 Å². The third-order valence-electron chi connectivity index (χ3n) is 3.68. The molecule has 1 aliphatic rings. The Kier molecular flexibility index (Phi) is 7.14. The van der Waals surface area contributed by atoms with Gasteiger partial charge < -0.3 is 9.80 Å². The third-order valence-corrected chi connectivity index (χ3v) is 3.68. The number of rotatable bonds is 9. The van der Waals surface area contributed by atoms with Gasteiger partial charge in [-0.1, -0.05) is 46.0 Å². The first-order valence-corrected chi connectivity index (χ1v) is 7.45. The van der Waals surface area contributed by atoms with Crippen LogP contribution in [-0.4, -0.2) is 29.6 Å². The molecule has 0 radical (unpaired) electrons. The van der Waals surface area contributed by atoms with Crippen molar-refractivity contribution in [3.63, 3.8) is 0 Å². The molecule has 0 aromatic heterocycles. The molecule has 1 atom stereocenters. The van der Waals surface area contributed by atoms with Crippen molar-refractivity contribution in [2.45, 2.75) is 71.4 Å². The van der Waals surface area contributed by atoms with Crippen LogP contribution in [0.4, 0.5) is 0 Å². The maximum Gasteiger partial charge on any atom is 0.100 e. The van der Waals surface area contributed by atoms with E-state index < -0.39 is 0 Å². The summed E-state index contributed by atoms with van der Waals surface area (Å²) in [5.41, 5.74) is 0. The standard InChI is InChI=1S/C15H30N2/c1-4-6-8-9-11-15-16(3)13-14-17(15)12-10-7-5-2/h13-15H,4-12H2,1-3H3. The van der Waals surface area contributed by atoms with Gasteiger partial charge in [-0.15, -0.1) is 0 Å². The molecule has 0 spiro atoms. The Hall–Kier alpha value is -0.660. The van der Waals surface area contributed by atoms with Crippen LogP contribution in [-0.2, 0) is 0 Å². The van der Waals surface area contributed by atoms with Crippen LogP contribution in [0.15, 0.2) is 12.4 Å². The second-order valence-corrected chi connectivity index (χ2v) is 5.24. The summed E-state index contributed by atoms with van der Waals surface area (Å²) in [6.45, 7) is 5.78. The van der Waals surface area contributed by atoms with E-state index in [1.807, 2.05) is 0 Å². The maximum absolute atomic E-state index is 2.53. The van der Waals surface area contributed by atoms with E-state index in [2.05, 4.69) is 43.1 Å². The predicted molar refractivity (Wildman–Crippen MR) is 75.7 cm³/mol. The summed E-state index contributed by atoms with van der Waals surface area (Å²) in [7, 11) is 2.21. The van der Waals surface area contributed by atoms with Gasteiger partial charge in [-0.2, -0.15) is 0 Å². The molecular formula is C15H30N2. The quantitative estimate of drug-likeness (QED) is 0.556. The van der Waals surface area contributed by atoms with Crippen molar-refractivity contribution < 1.29 is 0 Å². The molecule has 0 aromatic carbocycles. The summed E-state index contributed by atoms with van der Waals surface area (Å²) in [6.07, 6.45) is 15.9. The molecule has 0 bridgehead atoms. The Morgan fingerprint density at radius 3 is 2.29 bits per heavy atom. The lowest BCUT2D eigenvalue weighted by atomic mass is 10.1. The molecular weight excluding hydrogens is 208 g/mol. The van der Waals surface area contributed by atoms with Crippen LogP contribution < -0.4 is 0 Å². The minimum absolute atomic E-state index is 0.628. The minimum Gasteiger partial charge on any atom is -0.359 e. The zero-order chi connectivity index (χ0) is 12.5. The van der Waals surface area contributed by atoms with E-state index in [9.17, 15) is 0 Å². The van der Waals surface area contributed by atoms with Gasteiger partial charge >= 0.3 is 0 Å². The van der Waals surface area contributed by atoms with Gasteiger partial charge in [0.15, 0.2) is 0 Å². The van der Waals surface area contributed by atoms with Crippen LogP contribution in [0.25, 0.3) is 0 Å². The lowest BCUT2D eigenvalue weighted by molar-refractivity contribution is 0.159. The summed E-state index contributed by atoms with van der Waals surface area (Å²) in [6, 6.07) is 0. The molecule has 1 heterocycles. The molecule has 2 nitrogen and oxygen atoms in total. The second-order valence-electron chi connectivity index (χ2n) is 5.24. The number of hydrogen-bond acceptors (Lipinski definition) is 2. The van der Waals surface area contributed by atoms with E-state index in [1.165, 1.54) is 57.9 Å². The first-order chi connectivity index (χ1) is 8.29. The summed E-state index contributed by atoms with van der Waals surface area (Å²) in [4.78, 5) is 4.90. The molecule has 17 heavy (non-hydrogen) atoms. The Morgan fingerprint density at radius 1 is 0.882 bits per heavy atom. The largest absolute Gasteiger partial charge is 0.359 e. The zero-order valence-electron chi connectivity index (χ0n) is 12.0. The molecule has 0 N–H and O–H groups in total. The van der Waals surface area contributed by atoms with E-state index in [0.717, 1.165) is 0 Å². The van der Waals surface area contributed by atoms with Gasteiger partial charge in [0.2, 0.25) is 0 Å². The van der Waals surface area contributed by atoms with Crippen LogP contribution in [0.3, 0.4) is 0 Å². The van der Waals surface area contributed by atoms with Crippen molar-refractivity contribution >= 4 is 0 Å². The monoisotopic (exact) mass is 238 g/mol. The fourth-order valence-electron chi connectivity index (χ4n) is 2.51. The molecule has 1 aliphatic heterocycles. The van der Waals surface area contributed by atoms with Crippen molar-refractivity contribution in [1.29, 1.82) is 0 Å². The van der Waals surface area contributed by atoms with Crippen molar-refractivity contribution in [1.82, 2.24) is 9.80 Å². The highest BCUT2D eigenvalue weighted by atomic mass is 15.4. The fraction of sp³-hybridized carbons (Fsp3) is 0.867. The molecule has 100 valence electrons. The molecule has 0 amide bonds. The Balaban J connectivity index is 2.23. The molecule has 0 aliphatic carbocycles. The molecule has 0 saturated heterocycles. The van der Waals surface area contributed by atoms with Crippen molar-refractivity contribution in [2.75, 3.05) is 13.6 Å². The van der Waals surface area contributed by atoms with E-state index in [4.69, 9.17) is 0 Å². The third kappa shape index (κ3) is 5.01. The molecule has 2 heteroatoms. The summed E-state index contributed by atoms with van der Waals surface area (Å²) in [5, 5.41) is 0. The van der Waals surface area contributed by atoms with Crippen LogP contribution in [0.5, 0.6) is 0 Å². The van der Waals surface area contributed by atoms with Crippen molar-refractivity contribution in [2.24, 2.45) is 0 Å². The van der Waals surface area contributed by atoms with Gasteiger partial charge in [0.25, 0.3) is 0 Å². The molecule has 0 fully saturated rings. The van der Waals surface area contributed by atoms with Crippen LogP contribution in [0, 0.1) is 0 Å². The van der Waals surface area contributed by atoms with E-state index in [-0.39, 0.29) is 0 Å². The van der Waals surface area contributed by atoms with Crippen LogP contribution in [0.2, 0.25) is 0 Å². The summed E-state index contributed by atoms with van der Waals surface area (Å²) >= 11 is 0. The number of unbranched alkanes of at least 4 members (excludes halogenated alkanes) is 5. The van der Waals surface area contributed by atoms with Crippen LogP contribution >= 0.6 is 0 Å². The average molecular weight is 238 g/mol. The average Bonchev–Trinajstić information content (AvgIpc) is 2.67. The van der Waals surface area contributed by atoms with Crippen LogP contribution in [0.1, 0.15) is 65.2 Å². The fourth-order valence-corrected chi connectivity index (χ4v) is 2.51. The first kappa shape index (κ1) is 14.4. The first-order valence-electron chi connectivity index (χ1n) is 7.45. The van der Waals surface area contributed by atoms with Crippen molar-refractivity contribution in [3.05, 3.63) is 12.4 Å². The van der Waals surface area contributed by atoms with Gasteiger partial charge in [-0.25, -0.2) is 0 Å². The molecule has 0 saturated carbocycles. The maximum atomic E-state index is 2.53. The Bertz CT molecular complexity index is 213. The summed E-state index contributed by atoms with van der Waals surface area (Å²) < 4.78 is 0. The van der Waals surface area contributed by atoms with Gasteiger partial charge in [-0.05, 0) is 19.3 Å². The van der Waals surface area contributed by atoms with Gasteiger partial charge in [0.1, 0.15) is 6.17 Å². The molecule has 1 rings (SSSR count). The van der Waals surface area contributed by atoms with Gasteiger partial charge in [0, 0.05) is 26.0 Å². The molecule has 0 aromatic rings. The molecule has 1 unspecified atom stereocenters. The van der Waals surface area contributed by atoms with E-state index >= 15 is 0 Å². The highest BCUT2D eigenvalue weighted by molar-refractivity contribution is 4.95. The number of nitrogens with zero attached hydrogens (tertiary/aromatic N) is 2. The zero-order valence-corrected chi connectivity index (χ0v) is 12.0. The topological polar surface area (TPSA) is 6.48 Å². The van der Waals surface area contributed by atoms with E-state index in [1.54, 1.807) is 0 Å². The Labute approximate surface area is 108 Å². The number of hydrogen-bond donors (Lipinski definition) is 0. The summed E-state index contributed by atoms with van der Waals surface area (Å²) in [5.74, 6) is 0. The Morgan fingerprint density at radius 2 is 1.59 bits per heavy atom. The smallest absolute Gasteiger partial charge is 0.100 e. The lowest BCUT2D eigenvalue weighted by Gasteiger charge is -2.30. The lowest BCUT2D eigenvalue weighted by Crippen LogP contribution is -2.36. The highest BCUT2D eigenvalue weighted by Gasteiger charge is 2.22. The van der Waals surface area contributed by atoms with Crippen molar-refractivity contribution in [3.8, 4) is 0 Å². The van der Waals surface area contributed by atoms with Gasteiger partial charge in [0.05, 0.1) is 0 Å². The highest BCUT2D eigenvalue weighted by Crippen LogP contribution is 2.20. The normalized spacial score (nSPS) is 19.4. The minimum atomic E-state index is 0.628.